The molecule has 0 aliphatic heterocycles. The Morgan fingerprint density at radius 3 is 2.39 bits per heavy atom. The lowest BCUT2D eigenvalue weighted by Gasteiger charge is -2.11. The van der Waals surface area contributed by atoms with Gasteiger partial charge in [-0.05, 0) is 35.7 Å². The smallest absolute Gasteiger partial charge is 0.141 e. The van der Waals surface area contributed by atoms with Gasteiger partial charge in [0.1, 0.15) is 11.6 Å². The van der Waals surface area contributed by atoms with Crippen molar-refractivity contribution in [3.63, 3.8) is 0 Å². The third-order valence-corrected chi connectivity index (χ3v) is 3.36. The van der Waals surface area contributed by atoms with Gasteiger partial charge in [-0.15, -0.1) is 11.6 Å². The molecule has 0 bridgehead atoms. The maximum Gasteiger partial charge on any atom is 0.141 e. The zero-order chi connectivity index (χ0) is 13.1. The van der Waals surface area contributed by atoms with E-state index < -0.39 is 11.2 Å². The van der Waals surface area contributed by atoms with Gasteiger partial charge in [0.05, 0.1) is 10.4 Å². The molecule has 0 radical (unpaired) electrons. The molecule has 2 aromatic carbocycles. The van der Waals surface area contributed by atoms with Gasteiger partial charge < -0.3 is 0 Å². The first kappa shape index (κ1) is 13.3. The molecule has 0 fully saturated rings. The number of benzene rings is 2. The molecule has 94 valence electrons. The second-order valence-electron chi connectivity index (χ2n) is 3.94. The Hall–Kier alpha value is -1.12. The fraction of sp³-hybridized carbons (Fsp3) is 0.143. The van der Waals surface area contributed by atoms with Crippen LogP contribution in [0.5, 0.6) is 0 Å². The fourth-order valence-corrected chi connectivity index (χ4v) is 2.17. The first-order valence-corrected chi connectivity index (χ1v) is 6.22. The number of alkyl halides is 1. The average molecular weight is 287 g/mol. The van der Waals surface area contributed by atoms with Gasteiger partial charge in [-0.1, -0.05) is 35.9 Å². The van der Waals surface area contributed by atoms with E-state index in [1.165, 1.54) is 18.2 Å². The minimum absolute atomic E-state index is 0.0201. The van der Waals surface area contributed by atoms with Crippen LogP contribution < -0.4 is 0 Å². The average Bonchev–Trinajstić information content (AvgIpc) is 2.35. The Morgan fingerprint density at radius 2 is 1.72 bits per heavy atom. The van der Waals surface area contributed by atoms with Gasteiger partial charge in [-0.3, -0.25) is 0 Å². The summed E-state index contributed by atoms with van der Waals surface area (Å²) in [5.41, 5.74) is 1.20. The maximum absolute atomic E-state index is 13.5. The molecule has 0 aliphatic carbocycles. The summed E-state index contributed by atoms with van der Waals surface area (Å²) in [6.45, 7) is 0. The van der Waals surface area contributed by atoms with Crippen molar-refractivity contribution in [3.05, 3.63) is 70.2 Å². The van der Waals surface area contributed by atoms with E-state index in [0.717, 1.165) is 0 Å². The summed E-state index contributed by atoms with van der Waals surface area (Å²) < 4.78 is 26.5. The monoisotopic (exact) mass is 286 g/mol. The van der Waals surface area contributed by atoms with Crippen LogP contribution in [0.15, 0.2) is 42.5 Å². The Labute approximate surface area is 114 Å². The van der Waals surface area contributed by atoms with E-state index in [1.54, 1.807) is 24.3 Å². The van der Waals surface area contributed by atoms with Crippen LogP contribution in [0.25, 0.3) is 0 Å². The summed E-state index contributed by atoms with van der Waals surface area (Å²) in [6.07, 6.45) is 0.330. The minimum Gasteiger partial charge on any atom is -0.207 e. The van der Waals surface area contributed by atoms with Gasteiger partial charge in [0.2, 0.25) is 0 Å². The van der Waals surface area contributed by atoms with Gasteiger partial charge in [-0.25, -0.2) is 8.78 Å². The van der Waals surface area contributed by atoms with Crippen LogP contribution in [0.2, 0.25) is 5.02 Å². The highest BCUT2D eigenvalue weighted by Gasteiger charge is 2.13. The molecule has 0 amide bonds. The molecule has 2 rings (SSSR count). The van der Waals surface area contributed by atoms with E-state index in [0.29, 0.717) is 17.5 Å². The molecule has 2 aromatic rings. The summed E-state index contributed by atoms with van der Waals surface area (Å²) in [6, 6.07) is 10.7. The zero-order valence-electron chi connectivity index (χ0n) is 9.34. The highest BCUT2D eigenvalue weighted by atomic mass is 35.5. The molecule has 1 atom stereocenters. The standard InChI is InChI=1S/C14H10Cl2F2/c15-11(8-10-3-1-2-4-13(10)17)9-5-6-14(18)12(16)7-9/h1-7,11H,8H2. The highest BCUT2D eigenvalue weighted by molar-refractivity contribution is 6.31. The van der Waals surface area contributed by atoms with Crippen molar-refractivity contribution >= 4 is 23.2 Å². The Balaban J connectivity index is 2.19. The molecule has 0 saturated heterocycles. The molecule has 18 heavy (non-hydrogen) atoms. The van der Waals surface area contributed by atoms with E-state index in [9.17, 15) is 8.78 Å². The molecule has 4 heteroatoms. The highest BCUT2D eigenvalue weighted by Crippen LogP contribution is 2.28. The van der Waals surface area contributed by atoms with Crippen molar-refractivity contribution in [2.45, 2.75) is 11.8 Å². The van der Waals surface area contributed by atoms with Crippen LogP contribution in [0.1, 0.15) is 16.5 Å². The fourth-order valence-electron chi connectivity index (χ4n) is 1.68. The van der Waals surface area contributed by atoms with Gasteiger partial charge in [0.15, 0.2) is 0 Å². The predicted octanol–water partition coefficient (Wildman–Crippen LogP) is 5.14. The molecular formula is C14H10Cl2F2. The van der Waals surface area contributed by atoms with Gasteiger partial charge >= 0.3 is 0 Å². The van der Waals surface area contributed by atoms with Crippen LogP contribution in [0.3, 0.4) is 0 Å². The summed E-state index contributed by atoms with van der Waals surface area (Å²) in [5.74, 6) is -0.786. The van der Waals surface area contributed by atoms with Crippen molar-refractivity contribution in [2.24, 2.45) is 0 Å². The van der Waals surface area contributed by atoms with Crippen molar-refractivity contribution in [1.29, 1.82) is 0 Å². The van der Waals surface area contributed by atoms with E-state index in [1.807, 2.05) is 0 Å². The van der Waals surface area contributed by atoms with Gasteiger partial charge in [0, 0.05) is 0 Å². The van der Waals surface area contributed by atoms with Crippen molar-refractivity contribution in [1.82, 2.24) is 0 Å². The number of hydrogen-bond donors (Lipinski definition) is 0. The molecular weight excluding hydrogens is 277 g/mol. The molecule has 0 saturated carbocycles. The number of hydrogen-bond acceptors (Lipinski definition) is 0. The van der Waals surface area contributed by atoms with Crippen LogP contribution >= 0.6 is 23.2 Å². The molecule has 0 nitrogen and oxygen atoms in total. The molecule has 0 aromatic heterocycles. The van der Waals surface area contributed by atoms with Gasteiger partial charge in [-0.2, -0.15) is 0 Å². The Kier molecular flexibility index (Phi) is 4.20. The molecule has 0 spiro atoms. The lowest BCUT2D eigenvalue weighted by molar-refractivity contribution is 0.606. The topological polar surface area (TPSA) is 0 Å². The summed E-state index contributed by atoms with van der Waals surface area (Å²) in [7, 11) is 0. The quantitative estimate of drug-likeness (QED) is 0.685. The molecule has 0 aliphatic rings. The normalized spacial score (nSPS) is 12.4. The van der Waals surface area contributed by atoms with E-state index in [4.69, 9.17) is 23.2 Å². The molecule has 0 N–H and O–H groups in total. The lowest BCUT2D eigenvalue weighted by atomic mass is 10.0. The third kappa shape index (κ3) is 3.01. The SMILES string of the molecule is Fc1ccc(C(Cl)Cc2ccccc2F)cc1Cl. The maximum atomic E-state index is 13.5. The first-order valence-electron chi connectivity index (χ1n) is 5.40. The third-order valence-electron chi connectivity index (χ3n) is 2.66. The first-order chi connectivity index (χ1) is 8.58. The second kappa shape index (κ2) is 5.68. The van der Waals surface area contributed by atoms with Crippen LogP contribution in [-0.4, -0.2) is 0 Å². The molecule has 0 heterocycles. The van der Waals surface area contributed by atoms with Gasteiger partial charge in [0.25, 0.3) is 0 Å². The minimum atomic E-state index is -0.491. The largest absolute Gasteiger partial charge is 0.207 e. The van der Waals surface area contributed by atoms with Crippen molar-refractivity contribution < 1.29 is 8.78 Å². The Bertz CT molecular complexity index is 555. The van der Waals surface area contributed by atoms with Crippen LogP contribution in [0.4, 0.5) is 8.78 Å². The van der Waals surface area contributed by atoms with E-state index in [-0.39, 0.29) is 10.8 Å². The lowest BCUT2D eigenvalue weighted by Crippen LogP contribution is -1.98. The van der Waals surface area contributed by atoms with Crippen LogP contribution in [0, 0.1) is 11.6 Å². The number of halogens is 4. The zero-order valence-corrected chi connectivity index (χ0v) is 10.8. The summed E-state index contributed by atoms with van der Waals surface area (Å²) in [5, 5.41) is -0.424. The predicted molar refractivity (Wildman–Crippen MR) is 70.1 cm³/mol. The second-order valence-corrected chi connectivity index (χ2v) is 4.87. The number of rotatable bonds is 3. The van der Waals surface area contributed by atoms with Crippen molar-refractivity contribution in [3.8, 4) is 0 Å². The summed E-state index contributed by atoms with van der Waals surface area (Å²) >= 11 is 11.9. The summed E-state index contributed by atoms with van der Waals surface area (Å²) in [4.78, 5) is 0. The van der Waals surface area contributed by atoms with E-state index >= 15 is 0 Å². The van der Waals surface area contributed by atoms with Crippen molar-refractivity contribution in [2.75, 3.05) is 0 Å². The van der Waals surface area contributed by atoms with E-state index in [2.05, 4.69) is 0 Å². The Morgan fingerprint density at radius 1 is 1.00 bits per heavy atom. The molecule has 1 unspecified atom stereocenters. The van der Waals surface area contributed by atoms with Crippen LogP contribution in [-0.2, 0) is 6.42 Å².